The van der Waals surface area contributed by atoms with Crippen LogP contribution >= 0.6 is 0 Å². The number of carbonyl (C=O) groups is 3. The van der Waals surface area contributed by atoms with Gasteiger partial charge in [0.1, 0.15) is 13.2 Å². The average Bonchev–Trinajstić information content (AvgIpc) is 3.33. The molecule has 0 saturated carbocycles. The number of esters is 3. The zero-order chi connectivity index (χ0) is 48.6. The largest absolute Gasteiger partial charge is 0.462 e. The summed E-state index contributed by atoms with van der Waals surface area (Å²) >= 11 is 0. The van der Waals surface area contributed by atoms with Gasteiger partial charge in [-0.25, -0.2) is 0 Å². The molecule has 390 valence electrons. The van der Waals surface area contributed by atoms with E-state index in [0.717, 1.165) is 64.2 Å². The molecule has 6 heteroatoms. The molecule has 1 unspecified atom stereocenters. The van der Waals surface area contributed by atoms with Crippen LogP contribution in [0.25, 0.3) is 0 Å². The first-order valence-corrected chi connectivity index (χ1v) is 29.1. The summed E-state index contributed by atoms with van der Waals surface area (Å²) in [6.07, 6.45) is 68.8. The molecule has 0 heterocycles. The third-order valence-electron chi connectivity index (χ3n) is 12.9. The summed E-state index contributed by atoms with van der Waals surface area (Å²) in [4.78, 5) is 37.9. The minimum atomic E-state index is -0.806. The van der Waals surface area contributed by atoms with Gasteiger partial charge in [0.2, 0.25) is 0 Å². The molecular weight excluding hydrogens is 829 g/mol. The molecule has 0 aliphatic heterocycles. The molecule has 0 bridgehead atoms. The van der Waals surface area contributed by atoms with Gasteiger partial charge in [0, 0.05) is 19.3 Å². The van der Waals surface area contributed by atoms with Crippen molar-refractivity contribution in [2.24, 2.45) is 0 Å². The third-order valence-corrected chi connectivity index (χ3v) is 12.9. The van der Waals surface area contributed by atoms with Gasteiger partial charge < -0.3 is 14.2 Å². The first-order valence-electron chi connectivity index (χ1n) is 29.1. The van der Waals surface area contributed by atoms with Crippen LogP contribution in [0.5, 0.6) is 0 Å². The van der Waals surface area contributed by atoms with Crippen LogP contribution in [0.3, 0.4) is 0 Å². The molecule has 67 heavy (non-hydrogen) atoms. The molecule has 0 aliphatic rings. The Morgan fingerprint density at radius 1 is 0.313 bits per heavy atom. The highest BCUT2D eigenvalue weighted by Crippen LogP contribution is 2.17. The molecule has 0 rings (SSSR count). The fraction of sp³-hybridized carbons (Fsp3) is 0.820. The third kappa shape index (κ3) is 54.2. The maximum atomic E-state index is 12.7. The van der Waals surface area contributed by atoms with Gasteiger partial charge in [0.25, 0.3) is 0 Å². The van der Waals surface area contributed by atoms with Crippen LogP contribution < -0.4 is 0 Å². The molecule has 0 aliphatic carbocycles. The van der Waals surface area contributed by atoms with E-state index in [9.17, 15) is 14.4 Å². The SMILES string of the molecule is CC/C=C\C/C=C\C/C=C\C/C=C\CCC(=O)OC(COC(=O)CCCCCCCCCC)COC(=O)CCCCCCCCCCCCCCCCCCCCCCCCCCCCCC. The van der Waals surface area contributed by atoms with Crippen molar-refractivity contribution in [2.75, 3.05) is 13.2 Å². The Morgan fingerprint density at radius 2 is 0.582 bits per heavy atom. The van der Waals surface area contributed by atoms with E-state index in [2.05, 4.69) is 57.2 Å². The van der Waals surface area contributed by atoms with Crippen molar-refractivity contribution < 1.29 is 28.6 Å². The van der Waals surface area contributed by atoms with E-state index in [-0.39, 0.29) is 37.5 Å². The van der Waals surface area contributed by atoms with Gasteiger partial charge in [-0.2, -0.15) is 0 Å². The molecule has 0 N–H and O–H groups in total. The lowest BCUT2D eigenvalue weighted by atomic mass is 10.0. The Balaban J connectivity index is 4.08. The quantitative estimate of drug-likeness (QED) is 0.0262. The summed E-state index contributed by atoms with van der Waals surface area (Å²) in [5.41, 5.74) is 0. The van der Waals surface area contributed by atoms with Crippen molar-refractivity contribution in [3.63, 3.8) is 0 Å². The lowest BCUT2D eigenvalue weighted by Crippen LogP contribution is -2.30. The van der Waals surface area contributed by atoms with Crippen molar-refractivity contribution in [3.8, 4) is 0 Å². The summed E-state index contributed by atoms with van der Waals surface area (Å²) in [5, 5.41) is 0. The Hall–Kier alpha value is -2.63. The summed E-state index contributed by atoms with van der Waals surface area (Å²) in [7, 11) is 0. The van der Waals surface area contributed by atoms with Crippen LogP contribution in [-0.2, 0) is 28.6 Å². The Bertz CT molecular complexity index is 1170. The van der Waals surface area contributed by atoms with Gasteiger partial charge in [0.05, 0.1) is 0 Å². The number of hydrogen-bond donors (Lipinski definition) is 0. The zero-order valence-corrected chi connectivity index (χ0v) is 44.7. The number of hydrogen-bond acceptors (Lipinski definition) is 6. The molecule has 0 spiro atoms. The lowest BCUT2D eigenvalue weighted by Gasteiger charge is -2.18. The lowest BCUT2D eigenvalue weighted by molar-refractivity contribution is -0.166. The van der Waals surface area contributed by atoms with Crippen LogP contribution in [0.4, 0.5) is 0 Å². The van der Waals surface area contributed by atoms with Gasteiger partial charge in [-0.15, -0.1) is 0 Å². The molecule has 0 aromatic rings. The molecule has 0 amide bonds. The number of allylic oxidation sites excluding steroid dienone is 8. The maximum absolute atomic E-state index is 12.7. The highest BCUT2D eigenvalue weighted by molar-refractivity contribution is 5.71. The van der Waals surface area contributed by atoms with Crippen molar-refractivity contribution in [1.29, 1.82) is 0 Å². The molecule has 0 fully saturated rings. The number of ether oxygens (including phenoxy) is 3. The Kier molecular flexibility index (Phi) is 53.8. The van der Waals surface area contributed by atoms with E-state index in [1.54, 1.807) is 0 Å². The van der Waals surface area contributed by atoms with Crippen LogP contribution in [0.15, 0.2) is 48.6 Å². The minimum Gasteiger partial charge on any atom is -0.462 e. The Labute approximate surface area is 416 Å². The van der Waals surface area contributed by atoms with Crippen LogP contribution in [0, 0.1) is 0 Å². The predicted molar refractivity (Wildman–Crippen MR) is 289 cm³/mol. The molecule has 0 radical (unpaired) electrons. The maximum Gasteiger partial charge on any atom is 0.306 e. The monoisotopic (exact) mass is 939 g/mol. The topological polar surface area (TPSA) is 78.9 Å². The molecule has 0 aromatic heterocycles. The van der Waals surface area contributed by atoms with E-state index >= 15 is 0 Å². The van der Waals surface area contributed by atoms with Crippen LogP contribution in [0.2, 0.25) is 0 Å². The highest BCUT2D eigenvalue weighted by Gasteiger charge is 2.19. The van der Waals surface area contributed by atoms with Crippen molar-refractivity contribution in [2.45, 2.75) is 309 Å². The minimum absolute atomic E-state index is 0.0981. The summed E-state index contributed by atoms with van der Waals surface area (Å²) in [6.45, 7) is 6.46. The second kappa shape index (κ2) is 56.0. The zero-order valence-electron chi connectivity index (χ0n) is 44.7. The van der Waals surface area contributed by atoms with E-state index in [4.69, 9.17) is 14.2 Å². The van der Waals surface area contributed by atoms with Crippen molar-refractivity contribution in [3.05, 3.63) is 48.6 Å². The normalized spacial score (nSPS) is 12.3. The molecule has 1 atom stereocenters. The molecule has 0 saturated heterocycles. The van der Waals surface area contributed by atoms with Gasteiger partial charge in [-0.3, -0.25) is 14.4 Å². The first-order chi connectivity index (χ1) is 33.0. The molecular formula is C61H110O6. The standard InChI is InChI=1S/C61H110O6/c1-4-7-10-13-16-19-21-23-24-25-26-27-28-29-30-31-32-33-34-35-36-37-39-40-42-45-48-51-54-60(63)66-57-58(56-65-59(62)53-50-47-44-18-15-12-9-6-3)67-61(64)55-52-49-46-43-41-38-22-20-17-14-11-8-5-2/h8,11,17,20,38,41,46,49,58H,4-7,9-10,12-16,18-19,21-37,39-40,42-45,47-48,50-57H2,1-3H3/b11-8-,20-17-,41-38-,49-46-. The number of unbranched alkanes of at least 4 members (excludes halogenated alkanes) is 34. The highest BCUT2D eigenvalue weighted by atomic mass is 16.6. The van der Waals surface area contributed by atoms with Crippen LogP contribution in [0.1, 0.15) is 303 Å². The number of rotatable bonds is 53. The average molecular weight is 940 g/mol. The smallest absolute Gasteiger partial charge is 0.306 e. The van der Waals surface area contributed by atoms with E-state index in [0.29, 0.717) is 19.3 Å². The van der Waals surface area contributed by atoms with Gasteiger partial charge in [-0.1, -0.05) is 288 Å². The second-order valence-electron chi connectivity index (χ2n) is 19.5. The molecule has 6 nitrogen and oxygen atoms in total. The van der Waals surface area contributed by atoms with Gasteiger partial charge in [0.15, 0.2) is 6.10 Å². The van der Waals surface area contributed by atoms with E-state index < -0.39 is 6.10 Å². The van der Waals surface area contributed by atoms with Crippen molar-refractivity contribution in [1.82, 2.24) is 0 Å². The first kappa shape index (κ1) is 64.4. The Morgan fingerprint density at radius 3 is 0.881 bits per heavy atom. The van der Waals surface area contributed by atoms with Crippen LogP contribution in [-0.4, -0.2) is 37.2 Å². The fourth-order valence-corrected chi connectivity index (χ4v) is 8.52. The van der Waals surface area contributed by atoms with Crippen molar-refractivity contribution >= 4 is 17.9 Å². The molecule has 0 aromatic carbocycles. The number of carbonyl (C=O) groups excluding carboxylic acids is 3. The summed E-state index contributed by atoms with van der Waals surface area (Å²) in [6, 6.07) is 0. The van der Waals surface area contributed by atoms with Gasteiger partial charge >= 0.3 is 17.9 Å². The van der Waals surface area contributed by atoms with E-state index in [1.165, 1.54) is 193 Å². The fourth-order valence-electron chi connectivity index (χ4n) is 8.52. The van der Waals surface area contributed by atoms with E-state index in [1.807, 2.05) is 12.2 Å². The summed E-state index contributed by atoms with van der Waals surface area (Å²) in [5.74, 6) is -0.974. The van der Waals surface area contributed by atoms with Gasteiger partial charge in [-0.05, 0) is 44.9 Å². The second-order valence-corrected chi connectivity index (χ2v) is 19.5. The predicted octanol–water partition coefficient (Wildman–Crippen LogP) is 19.4. The summed E-state index contributed by atoms with van der Waals surface area (Å²) < 4.78 is 16.7.